The van der Waals surface area contributed by atoms with Gasteiger partial charge in [0, 0.05) is 6.54 Å². The van der Waals surface area contributed by atoms with Gasteiger partial charge < -0.3 is 40.7 Å². The van der Waals surface area contributed by atoms with Crippen LogP contribution in [0.1, 0.15) is 6.42 Å². The number of aliphatic hydroxyl groups is 3. The molecule has 2 aliphatic heterocycles. The highest BCUT2D eigenvalue weighted by Crippen LogP contribution is 2.36. The Morgan fingerprint density at radius 2 is 2.12 bits per heavy atom. The van der Waals surface area contributed by atoms with Crippen LogP contribution in [0.5, 0.6) is 0 Å². The average Bonchev–Trinajstić information content (AvgIpc) is 3.04. The molecule has 7 N–H and O–H groups in total. The molecule has 138 valence electrons. The van der Waals surface area contributed by atoms with Gasteiger partial charge in [0.15, 0.2) is 12.0 Å². The number of aliphatic carboxylic acids is 1. The average molecular weight is 357 g/mol. The largest absolute Gasteiger partial charge is 0.481 e. The zero-order chi connectivity index (χ0) is 18.3. The van der Waals surface area contributed by atoms with Gasteiger partial charge in [-0.3, -0.25) is 14.6 Å². The molecule has 4 atom stereocenters. The third-order valence-corrected chi connectivity index (χ3v) is 4.23. The fourth-order valence-corrected chi connectivity index (χ4v) is 3.03. The summed E-state index contributed by atoms with van der Waals surface area (Å²) >= 11 is 0. The fraction of sp³-hybridized carbons (Fsp3) is 0.615. The van der Waals surface area contributed by atoms with E-state index in [2.05, 4.69) is 9.97 Å². The maximum Gasteiger partial charge on any atom is 0.305 e. The molecule has 12 nitrogen and oxygen atoms in total. The van der Waals surface area contributed by atoms with Crippen molar-refractivity contribution in [2.75, 3.05) is 35.4 Å². The minimum Gasteiger partial charge on any atom is -0.481 e. The lowest BCUT2D eigenvalue weighted by atomic mass is 10.1. The van der Waals surface area contributed by atoms with E-state index in [9.17, 15) is 24.9 Å². The van der Waals surface area contributed by atoms with Crippen LogP contribution in [-0.4, -0.2) is 80.7 Å². The first-order chi connectivity index (χ1) is 11.8. The Labute approximate surface area is 141 Å². The van der Waals surface area contributed by atoms with Crippen LogP contribution in [0.3, 0.4) is 0 Å². The Hall–Kier alpha value is -2.41. The number of ether oxygens (including phenoxy) is 1. The number of nitrogens with one attached hydrogen (secondary N) is 1. The molecule has 1 fully saturated rings. The van der Waals surface area contributed by atoms with E-state index in [0.29, 0.717) is 0 Å². The molecule has 2 aliphatic rings. The van der Waals surface area contributed by atoms with Crippen LogP contribution in [0.4, 0.5) is 17.5 Å². The molecule has 25 heavy (non-hydrogen) atoms. The lowest BCUT2D eigenvalue weighted by Crippen LogP contribution is -2.46. The number of aliphatic hydroxyl groups excluding tert-OH is 3. The summed E-state index contributed by atoms with van der Waals surface area (Å²) in [4.78, 5) is 32.3. The van der Waals surface area contributed by atoms with Crippen LogP contribution in [0.2, 0.25) is 0 Å². The highest BCUT2D eigenvalue weighted by atomic mass is 16.6. The van der Waals surface area contributed by atoms with Crippen molar-refractivity contribution < 1.29 is 30.0 Å². The summed E-state index contributed by atoms with van der Waals surface area (Å²) < 4.78 is 5.47. The van der Waals surface area contributed by atoms with E-state index >= 15 is 0 Å². The van der Waals surface area contributed by atoms with Crippen molar-refractivity contribution in [1.82, 2.24) is 9.97 Å². The summed E-state index contributed by atoms with van der Waals surface area (Å²) in [6, 6.07) is 0. The first kappa shape index (κ1) is 17.4. The van der Waals surface area contributed by atoms with Crippen molar-refractivity contribution in [3.05, 3.63) is 10.4 Å². The first-order valence-corrected chi connectivity index (χ1v) is 7.59. The number of aromatic nitrogens is 2. The third kappa shape index (κ3) is 3.00. The number of nitrogens with two attached hydrogens (primary N) is 1. The van der Waals surface area contributed by atoms with Crippen molar-refractivity contribution in [3.63, 3.8) is 0 Å². The first-order valence-electron chi connectivity index (χ1n) is 7.59. The third-order valence-electron chi connectivity index (χ3n) is 4.23. The standard InChI is InChI=1S/C13H19N5O7/c14-13-15-10-7(11(24)16-13)17(2-1-6(20)21)4-18(10)12-9(23)8(22)5(3-19)25-12/h5,8-9,12,19,22-23H,1-4H2,(H,20,21)(H3,14,15,16,24)/t5-,8-,9-,12-/m1/s1. The van der Waals surface area contributed by atoms with Gasteiger partial charge in [-0.05, 0) is 0 Å². The topological polar surface area (TPSA) is 185 Å². The van der Waals surface area contributed by atoms with Crippen molar-refractivity contribution in [2.45, 2.75) is 31.0 Å². The normalized spacial score (nSPS) is 28.4. The van der Waals surface area contributed by atoms with Gasteiger partial charge >= 0.3 is 5.97 Å². The Morgan fingerprint density at radius 1 is 1.40 bits per heavy atom. The van der Waals surface area contributed by atoms with E-state index in [1.807, 2.05) is 0 Å². The number of aromatic amines is 1. The number of hydrogen-bond donors (Lipinski definition) is 6. The van der Waals surface area contributed by atoms with Gasteiger partial charge in [-0.25, -0.2) is 0 Å². The maximum atomic E-state index is 12.2. The second-order valence-electron chi connectivity index (χ2n) is 5.87. The molecule has 0 saturated carbocycles. The van der Waals surface area contributed by atoms with Gasteiger partial charge in [-0.2, -0.15) is 4.98 Å². The Morgan fingerprint density at radius 3 is 2.72 bits per heavy atom. The van der Waals surface area contributed by atoms with E-state index in [1.165, 1.54) is 9.80 Å². The summed E-state index contributed by atoms with van der Waals surface area (Å²) in [5.41, 5.74) is 5.13. The molecule has 0 bridgehead atoms. The van der Waals surface area contributed by atoms with E-state index in [0.717, 1.165) is 0 Å². The van der Waals surface area contributed by atoms with Crippen LogP contribution in [0, 0.1) is 0 Å². The number of hydrogen-bond acceptors (Lipinski definition) is 10. The molecule has 12 heteroatoms. The Balaban J connectivity index is 1.95. The monoisotopic (exact) mass is 357 g/mol. The number of rotatable bonds is 5. The number of H-pyrrole nitrogens is 1. The molecular formula is C13H19N5O7. The van der Waals surface area contributed by atoms with Gasteiger partial charge in [-0.1, -0.05) is 0 Å². The number of anilines is 3. The van der Waals surface area contributed by atoms with Gasteiger partial charge in [0.2, 0.25) is 5.95 Å². The summed E-state index contributed by atoms with van der Waals surface area (Å²) in [5, 5.41) is 38.2. The van der Waals surface area contributed by atoms with Crippen LogP contribution in [-0.2, 0) is 9.53 Å². The highest BCUT2D eigenvalue weighted by Gasteiger charge is 2.48. The van der Waals surface area contributed by atoms with E-state index in [-0.39, 0.29) is 37.1 Å². The van der Waals surface area contributed by atoms with Crippen molar-refractivity contribution in [3.8, 4) is 0 Å². The molecule has 3 heterocycles. The van der Waals surface area contributed by atoms with Gasteiger partial charge in [0.05, 0.1) is 19.7 Å². The predicted octanol–water partition coefficient (Wildman–Crippen LogP) is -3.15. The quantitative estimate of drug-likeness (QED) is 0.312. The highest BCUT2D eigenvalue weighted by molar-refractivity contribution is 5.74. The summed E-state index contributed by atoms with van der Waals surface area (Å²) in [5.74, 6) is -1.07. The van der Waals surface area contributed by atoms with Crippen molar-refractivity contribution in [2.24, 2.45) is 0 Å². The Kier molecular flexibility index (Phi) is 4.51. The number of fused-ring (bicyclic) bond motifs is 1. The van der Waals surface area contributed by atoms with Crippen molar-refractivity contribution in [1.29, 1.82) is 0 Å². The number of nitrogens with zero attached hydrogens (tertiary/aromatic N) is 3. The molecule has 0 aliphatic carbocycles. The summed E-state index contributed by atoms with van der Waals surface area (Å²) in [6.07, 6.45) is -4.95. The summed E-state index contributed by atoms with van der Waals surface area (Å²) in [7, 11) is 0. The minimum atomic E-state index is -1.35. The second kappa shape index (κ2) is 6.48. The van der Waals surface area contributed by atoms with E-state index in [1.54, 1.807) is 0 Å². The van der Waals surface area contributed by atoms with Crippen LogP contribution in [0.25, 0.3) is 0 Å². The molecule has 1 saturated heterocycles. The molecule has 0 amide bonds. The van der Waals surface area contributed by atoms with Crippen LogP contribution in [0.15, 0.2) is 4.79 Å². The molecule has 0 radical (unpaired) electrons. The molecule has 0 unspecified atom stereocenters. The molecule has 3 rings (SSSR count). The Bertz CT molecular complexity index is 725. The zero-order valence-corrected chi connectivity index (χ0v) is 13.1. The SMILES string of the molecule is Nc1nc2c(c(=O)[nH]1)N(CCC(=O)O)CN2[C@@H]1O[C@H](CO)[C@@H](O)[C@H]1O. The fourth-order valence-electron chi connectivity index (χ4n) is 3.03. The predicted molar refractivity (Wildman–Crippen MR) is 84.0 cm³/mol. The lowest BCUT2D eigenvalue weighted by Gasteiger charge is -2.28. The number of carboxylic acids is 1. The molecular weight excluding hydrogens is 338 g/mol. The second-order valence-corrected chi connectivity index (χ2v) is 5.87. The van der Waals surface area contributed by atoms with Crippen LogP contribution < -0.4 is 21.1 Å². The van der Waals surface area contributed by atoms with Gasteiger partial charge in [0.25, 0.3) is 5.56 Å². The smallest absolute Gasteiger partial charge is 0.305 e. The van der Waals surface area contributed by atoms with E-state index < -0.39 is 42.7 Å². The molecule has 0 spiro atoms. The number of nitrogen functional groups attached to an aromatic ring is 1. The number of carbonyl (C=O) groups is 1. The maximum absolute atomic E-state index is 12.2. The molecule has 0 aromatic carbocycles. The lowest BCUT2D eigenvalue weighted by molar-refractivity contribution is -0.136. The number of carboxylic acid groups (broad SMARTS) is 1. The molecule has 1 aromatic rings. The summed E-state index contributed by atoms with van der Waals surface area (Å²) in [6.45, 7) is -0.458. The van der Waals surface area contributed by atoms with Crippen molar-refractivity contribution >= 4 is 23.4 Å². The molecule has 1 aromatic heterocycles. The van der Waals surface area contributed by atoms with E-state index in [4.69, 9.17) is 15.6 Å². The van der Waals surface area contributed by atoms with Crippen LogP contribution >= 0.6 is 0 Å². The zero-order valence-electron chi connectivity index (χ0n) is 13.1. The minimum absolute atomic E-state index is 0.00867. The van der Waals surface area contributed by atoms with Gasteiger partial charge in [-0.15, -0.1) is 0 Å². The van der Waals surface area contributed by atoms with Gasteiger partial charge in [0.1, 0.15) is 24.0 Å².